The summed E-state index contributed by atoms with van der Waals surface area (Å²) in [6.45, 7) is 4.68. The van der Waals surface area contributed by atoms with E-state index in [0.29, 0.717) is 35.7 Å². The maximum Gasteiger partial charge on any atom is 0.252 e. The van der Waals surface area contributed by atoms with E-state index >= 15 is 0 Å². The standard InChI is InChI=1S/C23H30N2O5S/c1-16-8-10-19(31(27,28)25-12-6-5-7-13-25)15-20(16)23(26)24-17(2)21-14-18(29-3)9-11-22(21)30-4/h8-11,14-15,17H,5-7,12-13H2,1-4H3,(H,24,26). The molecular formula is C23H30N2O5S. The first-order valence-electron chi connectivity index (χ1n) is 10.4. The first kappa shape index (κ1) is 23.1. The number of nitrogens with zero attached hydrogens (tertiary/aromatic N) is 1. The third kappa shape index (κ3) is 5.02. The van der Waals surface area contributed by atoms with E-state index in [4.69, 9.17) is 9.47 Å². The number of sulfonamides is 1. The van der Waals surface area contributed by atoms with Crippen molar-refractivity contribution in [2.24, 2.45) is 0 Å². The second kappa shape index (κ2) is 9.70. The van der Waals surface area contributed by atoms with Crippen molar-refractivity contribution in [1.82, 2.24) is 9.62 Å². The zero-order valence-electron chi connectivity index (χ0n) is 18.5. The van der Waals surface area contributed by atoms with Crippen LogP contribution >= 0.6 is 0 Å². The van der Waals surface area contributed by atoms with E-state index in [2.05, 4.69) is 5.32 Å². The van der Waals surface area contributed by atoms with Gasteiger partial charge in [0.05, 0.1) is 25.2 Å². The van der Waals surface area contributed by atoms with Crippen LogP contribution in [-0.2, 0) is 10.0 Å². The first-order chi connectivity index (χ1) is 14.8. The number of rotatable bonds is 7. The number of nitrogens with one attached hydrogen (secondary N) is 1. The van der Waals surface area contributed by atoms with Crippen LogP contribution in [0.25, 0.3) is 0 Å². The van der Waals surface area contributed by atoms with Crippen LogP contribution in [0.5, 0.6) is 11.5 Å². The summed E-state index contributed by atoms with van der Waals surface area (Å²) >= 11 is 0. The highest BCUT2D eigenvalue weighted by atomic mass is 32.2. The van der Waals surface area contributed by atoms with Gasteiger partial charge in [-0.15, -0.1) is 0 Å². The van der Waals surface area contributed by atoms with Gasteiger partial charge in [0.2, 0.25) is 10.0 Å². The summed E-state index contributed by atoms with van der Waals surface area (Å²) in [5.41, 5.74) is 1.82. The molecule has 1 saturated heterocycles. The van der Waals surface area contributed by atoms with Gasteiger partial charge in [0.15, 0.2) is 0 Å². The second-order valence-electron chi connectivity index (χ2n) is 7.74. The molecule has 1 aliphatic heterocycles. The van der Waals surface area contributed by atoms with Gasteiger partial charge in [-0.05, 0) is 62.6 Å². The molecule has 1 N–H and O–H groups in total. The van der Waals surface area contributed by atoms with E-state index in [0.717, 1.165) is 24.8 Å². The summed E-state index contributed by atoms with van der Waals surface area (Å²) in [4.78, 5) is 13.2. The molecule has 1 fully saturated rings. The maximum atomic E-state index is 13.1. The molecule has 8 heteroatoms. The Kier molecular flexibility index (Phi) is 7.23. The molecule has 1 aliphatic rings. The topological polar surface area (TPSA) is 84.9 Å². The molecule has 0 saturated carbocycles. The highest BCUT2D eigenvalue weighted by molar-refractivity contribution is 7.89. The SMILES string of the molecule is COc1ccc(OC)c(C(C)NC(=O)c2cc(S(=O)(=O)N3CCCCC3)ccc2C)c1. The van der Waals surface area contributed by atoms with Crippen molar-refractivity contribution >= 4 is 15.9 Å². The fourth-order valence-corrected chi connectivity index (χ4v) is 5.33. The third-order valence-corrected chi connectivity index (χ3v) is 7.55. The number of methoxy groups -OCH3 is 2. The van der Waals surface area contributed by atoms with Crippen molar-refractivity contribution in [3.63, 3.8) is 0 Å². The molecule has 1 heterocycles. The number of aryl methyl sites for hydroxylation is 1. The lowest BCUT2D eigenvalue weighted by molar-refractivity contribution is 0.0938. The molecule has 2 aromatic rings. The van der Waals surface area contributed by atoms with E-state index in [1.807, 2.05) is 13.0 Å². The first-order valence-corrected chi connectivity index (χ1v) is 11.9. The molecule has 1 amide bonds. The van der Waals surface area contributed by atoms with Crippen LogP contribution in [0.3, 0.4) is 0 Å². The smallest absolute Gasteiger partial charge is 0.252 e. The van der Waals surface area contributed by atoms with Crippen LogP contribution in [0, 0.1) is 6.92 Å². The van der Waals surface area contributed by atoms with E-state index in [-0.39, 0.29) is 16.8 Å². The fraction of sp³-hybridized carbons (Fsp3) is 0.435. The predicted molar refractivity (Wildman–Crippen MR) is 119 cm³/mol. The van der Waals surface area contributed by atoms with Gasteiger partial charge in [-0.3, -0.25) is 4.79 Å². The molecule has 3 rings (SSSR count). The Morgan fingerprint density at radius 2 is 1.74 bits per heavy atom. The molecule has 1 unspecified atom stereocenters. The molecule has 168 valence electrons. The average molecular weight is 447 g/mol. The average Bonchev–Trinajstić information content (AvgIpc) is 2.79. The van der Waals surface area contributed by atoms with Gasteiger partial charge in [-0.25, -0.2) is 8.42 Å². The lowest BCUT2D eigenvalue weighted by Crippen LogP contribution is -2.35. The molecule has 7 nitrogen and oxygen atoms in total. The minimum atomic E-state index is -3.62. The highest BCUT2D eigenvalue weighted by Gasteiger charge is 2.27. The number of ether oxygens (including phenoxy) is 2. The van der Waals surface area contributed by atoms with E-state index in [1.54, 1.807) is 45.4 Å². The molecular weight excluding hydrogens is 416 g/mol. The van der Waals surface area contributed by atoms with E-state index in [9.17, 15) is 13.2 Å². The number of benzene rings is 2. The van der Waals surface area contributed by atoms with Crippen molar-refractivity contribution in [3.8, 4) is 11.5 Å². The lowest BCUT2D eigenvalue weighted by atomic mass is 10.0. The number of piperidine rings is 1. The molecule has 2 aromatic carbocycles. The molecule has 0 spiro atoms. The summed E-state index contributed by atoms with van der Waals surface area (Å²) in [6, 6.07) is 9.74. The van der Waals surface area contributed by atoms with Crippen LogP contribution in [0.15, 0.2) is 41.3 Å². The Hall–Kier alpha value is -2.58. The van der Waals surface area contributed by atoms with Gasteiger partial charge in [0.25, 0.3) is 5.91 Å². The largest absolute Gasteiger partial charge is 0.497 e. The van der Waals surface area contributed by atoms with Gasteiger partial charge >= 0.3 is 0 Å². The Bertz CT molecular complexity index is 1050. The third-order valence-electron chi connectivity index (χ3n) is 5.66. The predicted octanol–water partition coefficient (Wildman–Crippen LogP) is 3.68. The number of carbonyl (C=O) groups is 1. The van der Waals surface area contributed by atoms with E-state index in [1.165, 1.54) is 10.4 Å². The van der Waals surface area contributed by atoms with Crippen molar-refractivity contribution in [2.75, 3.05) is 27.3 Å². The van der Waals surface area contributed by atoms with Crippen molar-refractivity contribution in [2.45, 2.75) is 44.0 Å². The summed E-state index contributed by atoms with van der Waals surface area (Å²) in [5, 5.41) is 2.95. The van der Waals surface area contributed by atoms with Gasteiger partial charge in [0.1, 0.15) is 11.5 Å². The Balaban J connectivity index is 1.86. The molecule has 0 radical (unpaired) electrons. The molecule has 1 atom stereocenters. The van der Waals surface area contributed by atoms with Crippen LogP contribution < -0.4 is 14.8 Å². The van der Waals surface area contributed by atoms with Crippen LogP contribution in [0.4, 0.5) is 0 Å². The fourth-order valence-electron chi connectivity index (χ4n) is 3.79. The normalized spacial score (nSPS) is 15.9. The maximum absolute atomic E-state index is 13.1. The van der Waals surface area contributed by atoms with Gasteiger partial charge < -0.3 is 14.8 Å². The van der Waals surface area contributed by atoms with Crippen LogP contribution in [0.1, 0.15) is 53.7 Å². The number of hydrogen-bond donors (Lipinski definition) is 1. The summed E-state index contributed by atoms with van der Waals surface area (Å²) in [5.74, 6) is 0.944. The summed E-state index contributed by atoms with van der Waals surface area (Å²) in [6.07, 6.45) is 2.76. The van der Waals surface area contributed by atoms with Crippen molar-refractivity contribution in [1.29, 1.82) is 0 Å². The van der Waals surface area contributed by atoms with Gasteiger partial charge in [-0.2, -0.15) is 4.31 Å². The zero-order valence-corrected chi connectivity index (χ0v) is 19.3. The number of carbonyl (C=O) groups excluding carboxylic acids is 1. The summed E-state index contributed by atoms with van der Waals surface area (Å²) < 4.78 is 38.3. The van der Waals surface area contributed by atoms with Crippen molar-refractivity contribution in [3.05, 3.63) is 53.1 Å². The van der Waals surface area contributed by atoms with Gasteiger partial charge in [0, 0.05) is 24.2 Å². The molecule has 0 aromatic heterocycles. The van der Waals surface area contributed by atoms with E-state index < -0.39 is 10.0 Å². The quantitative estimate of drug-likeness (QED) is 0.701. The monoisotopic (exact) mass is 446 g/mol. The molecule has 31 heavy (non-hydrogen) atoms. The molecule has 0 aliphatic carbocycles. The number of hydrogen-bond acceptors (Lipinski definition) is 5. The highest BCUT2D eigenvalue weighted by Crippen LogP contribution is 2.30. The summed E-state index contributed by atoms with van der Waals surface area (Å²) in [7, 11) is -0.474. The van der Waals surface area contributed by atoms with Crippen LogP contribution in [-0.4, -0.2) is 45.9 Å². The zero-order chi connectivity index (χ0) is 22.6. The van der Waals surface area contributed by atoms with Crippen molar-refractivity contribution < 1.29 is 22.7 Å². The van der Waals surface area contributed by atoms with Gasteiger partial charge in [-0.1, -0.05) is 12.5 Å². The minimum Gasteiger partial charge on any atom is -0.497 e. The Morgan fingerprint density at radius 3 is 2.39 bits per heavy atom. The Morgan fingerprint density at radius 1 is 1.03 bits per heavy atom. The Labute approximate surface area is 184 Å². The molecule has 0 bridgehead atoms. The number of amides is 1. The lowest BCUT2D eigenvalue weighted by Gasteiger charge is -2.26. The van der Waals surface area contributed by atoms with Crippen LogP contribution in [0.2, 0.25) is 0 Å². The second-order valence-corrected chi connectivity index (χ2v) is 9.68. The minimum absolute atomic E-state index is 0.150.